The van der Waals surface area contributed by atoms with Gasteiger partial charge in [0.1, 0.15) is 0 Å². The topological polar surface area (TPSA) is 22.0 Å². The molecule has 1 aliphatic carbocycles. The molecule has 4 rings (SSSR count). The molecule has 22 heavy (non-hydrogen) atoms. The lowest BCUT2D eigenvalue weighted by atomic mass is 9.87. The minimum atomic E-state index is 0.261. The van der Waals surface area contributed by atoms with E-state index in [-0.39, 0.29) is 5.43 Å². The molecule has 0 amide bonds. The van der Waals surface area contributed by atoms with Crippen LogP contribution in [-0.4, -0.2) is 4.57 Å². The fourth-order valence-corrected chi connectivity index (χ4v) is 4.77. The maximum absolute atomic E-state index is 12.8. The Morgan fingerprint density at radius 3 is 2.86 bits per heavy atom. The molecule has 2 heterocycles. The molecule has 0 spiro atoms. The van der Waals surface area contributed by atoms with E-state index in [9.17, 15) is 4.79 Å². The van der Waals surface area contributed by atoms with Gasteiger partial charge < -0.3 is 4.57 Å². The maximum Gasteiger partial charge on any atom is 0.191 e. The number of fused-ring (bicyclic) bond motifs is 2. The second-order valence-corrected chi connectivity index (χ2v) is 7.26. The summed E-state index contributed by atoms with van der Waals surface area (Å²) in [5, 5.41) is 0.884. The summed E-state index contributed by atoms with van der Waals surface area (Å²) in [6, 6.07) is 10.2. The van der Waals surface area contributed by atoms with Crippen molar-refractivity contribution in [3.05, 3.63) is 63.4 Å². The normalized spacial score (nSPS) is 17.6. The number of rotatable bonds is 2. The summed E-state index contributed by atoms with van der Waals surface area (Å²) in [6.45, 7) is 2.25. The number of benzene rings is 1. The van der Waals surface area contributed by atoms with Crippen LogP contribution in [-0.2, 0) is 12.8 Å². The third-order valence-electron chi connectivity index (χ3n) is 4.81. The average molecular weight is 309 g/mol. The summed E-state index contributed by atoms with van der Waals surface area (Å²) in [5.74, 6) is 0.744. The highest BCUT2D eigenvalue weighted by atomic mass is 32.1. The van der Waals surface area contributed by atoms with Gasteiger partial charge >= 0.3 is 0 Å². The number of nitrogens with zero attached hydrogens (tertiary/aromatic N) is 1. The minimum Gasteiger partial charge on any atom is -0.324 e. The Bertz CT molecular complexity index is 876. The third-order valence-corrected chi connectivity index (χ3v) is 6.03. The van der Waals surface area contributed by atoms with E-state index < -0.39 is 0 Å². The van der Waals surface area contributed by atoms with Crippen LogP contribution in [0, 0.1) is 5.92 Å². The standard InChI is InChI=1S/C19H19NOS/c1-2-13-5-7-15-17(11-13)22-18-12-14(20-9-3-4-10-20)6-8-16(18)19(15)21/h3-4,6,8-10,12-13H,2,5,7,11H2,1H3. The van der Waals surface area contributed by atoms with Crippen LogP contribution in [0.15, 0.2) is 47.5 Å². The quantitative estimate of drug-likeness (QED) is 0.680. The van der Waals surface area contributed by atoms with Crippen LogP contribution in [0.2, 0.25) is 0 Å². The predicted molar refractivity (Wildman–Crippen MR) is 93.2 cm³/mol. The largest absolute Gasteiger partial charge is 0.324 e. The Labute approximate surface area is 134 Å². The van der Waals surface area contributed by atoms with Crippen molar-refractivity contribution in [2.45, 2.75) is 32.6 Å². The summed E-state index contributed by atoms with van der Waals surface area (Å²) in [7, 11) is 0. The van der Waals surface area contributed by atoms with Gasteiger partial charge in [-0.1, -0.05) is 13.3 Å². The van der Waals surface area contributed by atoms with Crippen LogP contribution in [0.3, 0.4) is 0 Å². The molecular formula is C19H19NOS. The zero-order valence-corrected chi connectivity index (χ0v) is 13.5. The Morgan fingerprint density at radius 2 is 2.09 bits per heavy atom. The third kappa shape index (κ3) is 2.20. The highest BCUT2D eigenvalue weighted by Crippen LogP contribution is 2.32. The number of aromatic nitrogens is 1. The molecule has 1 unspecified atom stereocenters. The van der Waals surface area contributed by atoms with Crippen molar-refractivity contribution < 1.29 is 0 Å². The van der Waals surface area contributed by atoms with Gasteiger partial charge in [0.15, 0.2) is 5.43 Å². The average Bonchev–Trinajstić information content (AvgIpc) is 3.08. The molecule has 0 N–H and O–H groups in total. The zero-order chi connectivity index (χ0) is 15.1. The van der Waals surface area contributed by atoms with E-state index >= 15 is 0 Å². The predicted octanol–water partition coefficient (Wildman–Crippen LogP) is 4.57. The van der Waals surface area contributed by atoms with Gasteiger partial charge in [-0.3, -0.25) is 4.79 Å². The van der Waals surface area contributed by atoms with Crippen LogP contribution < -0.4 is 5.43 Å². The van der Waals surface area contributed by atoms with Gasteiger partial charge in [-0.05, 0) is 55.5 Å². The number of hydrogen-bond donors (Lipinski definition) is 0. The van der Waals surface area contributed by atoms with Crippen molar-refractivity contribution in [3.63, 3.8) is 0 Å². The van der Waals surface area contributed by atoms with E-state index in [1.165, 1.54) is 17.7 Å². The van der Waals surface area contributed by atoms with E-state index in [0.29, 0.717) is 0 Å². The lowest BCUT2D eigenvalue weighted by molar-refractivity contribution is 0.448. The van der Waals surface area contributed by atoms with Crippen molar-refractivity contribution in [1.82, 2.24) is 4.57 Å². The van der Waals surface area contributed by atoms with Gasteiger partial charge in [-0.2, -0.15) is 0 Å². The van der Waals surface area contributed by atoms with Gasteiger partial charge in [-0.15, -0.1) is 11.3 Å². The molecule has 0 bridgehead atoms. The van der Waals surface area contributed by atoms with Crippen molar-refractivity contribution in [3.8, 4) is 5.69 Å². The molecule has 2 aromatic heterocycles. The lowest BCUT2D eigenvalue weighted by Gasteiger charge is -2.22. The SMILES string of the molecule is CCC1CCc2c(sc3cc(-n4cccc4)ccc3c2=O)C1. The summed E-state index contributed by atoms with van der Waals surface area (Å²) in [5.41, 5.74) is 2.46. The van der Waals surface area contributed by atoms with Crippen molar-refractivity contribution in [2.75, 3.05) is 0 Å². The first-order chi connectivity index (χ1) is 10.8. The van der Waals surface area contributed by atoms with Crippen LogP contribution >= 0.6 is 11.3 Å². The number of hydrogen-bond acceptors (Lipinski definition) is 2. The molecule has 0 fully saturated rings. The second kappa shape index (κ2) is 5.40. The first-order valence-corrected chi connectivity index (χ1v) is 8.80. The van der Waals surface area contributed by atoms with Crippen LogP contribution in [0.5, 0.6) is 0 Å². The summed E-state index contributed by atoms with van der Waals surface area (Å²) in [6.07, 6.45) is 8.49. The van der Waals surface area contributed by atoms with Gasteiger partial charge in [-0.25, -0.2) is 0 Å². The van der Waals surface area contributed by atoms with Crippen molar-refractivity contribution >= 4 is 21.4 Å². The molecule has 0 saturated carbocycles. The van der Waals surface area contributed by atoms with E-state index in [0.717, 1.165) is 40.1 Å². The fraction of sp³-hybridized carbons (Fsp3) is 0.316. The first-order valence-electron chi connectivity index (χ1n) is 7.98. The first kappa shape index (κ1) is 13.8. The van der Waals surface area contributed by atoms with E-state index in [1.807, 2.05) is 48.0 Å². The molecule has 112 valence electrons. The highest BCUT2D eigenvalue weighted by molar-refractivity contribution is 7.18. The Hall–Kier alpha value is -1.87. The van der Waals surface area contributed by atoms with E-state index in [4.69, 9.17) is 0 Å². The second-order valence-electron chi connectivity index (χ2n) is 6.12. The maximum atomic E-state index is 12.8. The molecule has 3 aromatic rings. The molecular weight excluding hydrogens is 290 g/mol. The molecule has 3 heteroatoms. The summed E-state index contributed by atoms with van der Waals surface area (Å²) < 4.78 is 3.21. The van der Waals surface area contributed by atoms with Gasteiger partial charge in [0, 0.05) is 38.6 Å². The smallest absolute Gasteiger partial charge is 0.191 e. The molecule has 0 aliphatic heterocycles. The molecule has 1 aromatic carbocycles. The Morgan fingerprint density at radius 1 is 1.27 bits per heavy atom. The van der Waals surface area contributed by atoms with Crippen LogP contribution in [0.1, 0.15) is 30.2 Å². The Kier molecular flexibility index (Phi) is 3.38. The van der Waals surface area contributed by atoms with E-state index in [2.05, 4.69) is 17.6 Å². The van der Waals surface area contributed by atoms with Crippen molar-refractivity contribution in [2.24, 2.45) is 5.92 Å². The van der Waals surface area contributed by atoms with E-state index in [1.54, 1.807) is 0 Å². The molecule has 2 nitrogen and oxygen atoms in total. The fourth-order valence-electron chi connectivity index (χ4n) is 3.41. The van der Waals surface area contributed by atoms with Crippen LogP contribution in [0.4, 0.5) is 0 Å². The zero-order valence-electron chi connectivity index (χ0n) is 12.7. The minimum absolute atomic E-state index is 0.261. The lowest BCUT2D eigenvalue weighted by Crippen LogP contribution is -2.20. The van der Waals surface area contributed by atoms with Gasteiger partial charge in [0.25, 0.3) is 0 Å². The molecule has 1 atom stereocenters. The van der Waals surface area contributed by atoms with Crippen LogP contribution in [0.25, 0.3) is 15.8 Å². The monoisotopic (exact) mass is 309 g/mol. The van der Waals surface area contributed by atoms with Gasteiger partial charge in [0.2, 0.25) is 0 Å². The summed E-state index contributed by atoms with van der Waals surface area (Å²) >= 11 is 1.82. The van der Waals surface area contributed by atoms with Gasteiger partial charge in [0.05, 0.1) is 0 Å². The Balaban J connectivity index is 1.89. The summed E-state index contributed by atoms with van der Waals surface area (Å²) in [4.78, 5) is 14.1. The molecule has 0 saturated heterocycles. The highest BCUT2D eigenvalue weighted by Gasteiger charge is 2.21. The molecule has 1 aliphatic rings. The molecule has 0 radical (unpaired) electrons. The van der Waals surface area contributed by atoms with Crippen molar-refractivity contribution in [1.29, 1.82) is 0 Å².